The molecule has 0 bridgehead atoms. The van der Waals surface area contributed by atoms with Crippen molar-refractivity contribution in [3.05, 3.63) is 58.9 Å². The third kappa shape index (κ3) is 6.87. The largest absolute Gasteiger partial charge is 0.497 e. The van der Waals surface area contributed by atoms with E-state index >= 15 is 0 Å². The molecule has 3 aromatic rings. The van der Waals surface area contributed by atoms with Crippen molar-refractivity contribution in [2.75, 3.05) is 25.3 Å². The van der Waals surface area contributed by atoms with Gasteiger partial charge in [0.25, 0.3) is 0 Å². The van der Waals surface area contributed by atoms with E-state index in [9.17, 15) is 9.59 Å². The zero-order valence-corrected chi connectivity index (χ0v) is 20.0. The Morgan fingerprint density at radius 3 is 2.52 bits per heavy atom. The third-order valence-corrected chi connectivity index (χ3v) is 5.92. The summed E-state index contributed by atoms with van der Waals surface area (Å²) in [6, 6.07) is 12.3. The van der Waals surface area contributed by atoms with E-state index in [-0.39, 0.29) is 30.5 Å². The molecule has 2 amide bonds. The van der Waals surface area contributed by atoms with Gasteiger partial charge in [-0.15, -0.1) is 10.2 Å². The van der Waals surface area contributed by atoms with Crippen molar-refractivity contribution < 1.29 is 19.1 Å². The lowest BCUT2D eigenvalue weighted by molar-refractivity contribution is -0.120. The number of rotatable bonds is 10. The Morgan fingerprint density at radius 1 is 1.06 bits per heavy atom. The van der Waals surface area contributed by atoms with Gasteiger partial charge in [-0.2, -0.15) is 0 Å². The number of ether oxygens (including phenoxy) is 2. The Hall–Kier alpha value is -3.24. The predicted octanol–water partition coefficient (Wildman–Crippen LogP) is 3.08. The van der Waals surface area contributed by atoms with Gasteiger partial charge in [0.05, 0.1) is 38.6 Å². The molecule has 1 heterocycles. The topological polar surface area (TPSA) is 107 Å². The first kappa shape index (κ1) is 24.4. The molecule has 0 fully saturated rings. The van der Waals surface area contributed by atoms with Crippen LogP contribution in [0.1, 0.15) is 11.4 Å². The molecule has 0 saturated heterocycles. The van der Waals surface area contributed by atoms with Crippen LogP contribution in [-0.4, -0.2) is 46.6 Å². The van der Waals surface area contributed by atoms with Crippen molar-refractivity contribution in [2.24, 2.45) is 7.05 Å². The van der Waals surface area contributed by atoms with Crippen molar-refractivity contribution in [1.29, 1.82) is 0 Å². The fourth-order valence-electron chi connectivity index (χ4n) is 2.89. The zero-order valence-electron chi connectivity index (χ0n) is 18.4. The van der Waals surface area contributed by atoms with Crippen LogP contribution in [0, 0.1) is 0 Å². The van der Waals surface area contributed by atoms with Crippen LogP contribution in [0.25, 0.3) is 0 Å². The molecule has 0 unspecified atom stereocenters. The van der Waals surface area contributed by atoms with Gasteiger partial charge in [-0.25, -0.2) is 0 Å². The number of aromatic nitrogens is 3. The molecule has 174 valence electrons. The van der Waals surface area contributed by atoms with E-state index < -0.39 is 0 Å². The van der Waals surface area contributed by atoms with E-state index in [1.54, 1.807) is 36.9 Å². The number of benzene rings is 2. The molecule has 0 radical (unpaired) electrons. The Labute approximate surface area is 200 Å². The van der Waals surface area contributed by atoms with Gasteiger partial charge in [-0.3, -0.25) is 9.59 Å². The van der Waals surface area contributed by atoms with E-state index in [0.29, 0.717) is 27.4 Å². The van der Waals surface area contributed by atoms with Gasteiger partial charge in [0.1, 0.15) is 11.5 Å². The molecule has 2 N–H and O–H groups in total. The normalized spacial score (nSPS) is 10.5. The summed E-state index contributed by atoms with van der Waals surface area (Å²) in [5, 5.41) is 14.9. The maximum Gasteiger partial charge on any atom is 0.234 e. The first-order valence-electron chi connectivity index (χ1n) is 9.93. The molecule has 0 spiro atoms. The van der Waals surface area contributed by atoms with Gasteiger partial charge in [0.2, 0.25) is 11.8 Å². The maximum absolute atomic E-state index is 12.4. The number of methoxy groups -OCH3 is 2. The summed E-state index contributed by atoms with van der Waals surface area (Å²) in [6.07, 6.45) is 0.247. The summed E-state index contributed by atoms with van der Waals surface area (Å²) in [7, 11) is 4.90. The molecular formula is C22H24ClN5O4S. The molecular weight excluding hydrogens is 466 g/mol. The molecule has 0 atom stereocenters. The minimum atomic E-state index is -0.238. The summed E-state index contributed by atoms with van der Waals surface area (Å²) in [5.74, 6) is 1.58. The SMILES string of the molecule is COc1ccc(CC(=O)NCc2nnc(SCC(=O)Nc3cc(Cl)ccc3OC)n2C)cc1. The van der Waals surface area contributed by atoms with E-state index in [1.807, 2.05) is 24.3 Å². The fourth-order valence-corrected chi connectivity index (χ4v) is 3.79. The highest BCUT2D eigenvalue weighted by Gasteiger charge is 2.14. The van der Waals surface area contributed by atoms with Gasteiger partial charge in [-0.05, 0) is 35.9 Å². The van der Waals surface area contributed by atoms with Crippen molar-refractivity contribution in [3.8, 4) is 11.5 Å². The number of hydrogen-bond donors (Lipinski definition) is 2. The summed E-state index contributed by atoms with van der Waals surface area (Å²) >= 11 is 7.23. The van der Waals surface area contributed by atoms with Crippen LogP contribution in [0.15, 0.2) is 47.6 Å². The Bertz CT molecular complexity index is 1120. The molecule has 33 heavy (non-hydrogen) atoms. The number of halogens is 1. The second kappa shape index (κ2) is 11.6. The van der Waals surface area contributed by atoms with E-state index in [0.717, 1.165) is 11.3 Å². The molecule has 0 aliphatic rings. The minimum absolute atomic E-state index is 0.117. The third-order valence-electron chi connectivity index (χ3n) is 4.66. The van der Waals surface area contributed by atoms with E-state index in [4.69, 9.17) is 21.1 Å². The zero-order chi connectivity index (χ0) is 23.8. The Kier molecular flexibility index (Phi) is 8.56. The number of hydrogen-bond acceptors (Lipinski definition) is 7. The van der Waals surface area contributed by atoms with Crippen LogP contribution in [0.2, 0.25) is 5.02 Å². The van der Waals surface area contributed by atoms with Crippen LogP contribution in [-0.2, 0) is 29.6 Å². The van der Waals surface area contributed by atoms with Crippen LogP contribution < -0.4 is 20.1 Å². The van der Waals surface area contributed by atoms with Gasteiger partial charge in [0, 0.05) is 12.1 Å². The van der Waals surface area contributed by atoms with E-state index in [2.05, 4.69) is 20.8 Å². The number of carbonyl (C=O) groups excluding carboxylic acids is 2. The summed E-state index contributed by atoms with van der Waals surface area (Å²) < 4.78 is 12.1. The number of nitrogens with zero attached hydrogens (tertiary/aromatic N) is 3. The molecule has 9 nitrogen and oxygen atoms in total. The number of amides is 2. The molecule has 11 heteroatoms. The quantitative estimate of drug-likeness (QED) is 0.421. The van der Waals surface area contributed by atoms with Crippen molar-refractivity contribution in [3.63, 3.8) is 0 Å². The average molecular weight is 490 g/mol. The summed E-state index contributed by atoms with van der Waals surface area (Å²) in [6.45, 7) is 0.227. The number of carbonyl (C=O) groups is 2. The second-order valence-electron chi connectivity index (χ2n) is 6.94. The lowest BCUT2D eigenvalue weighted by Crippen LogP contribution is -2.26. The van der Waals surface area contributed by atoms with E-state index in [1.165, 1.54) is 18.9 Å². The van der Waals surface area contributed by atoms with Gasteiger partial charge in [-0.1, -0.05) is 35.5 Å². The monoisotopic (exact) mass is 489 g/mol. The smallest absolute Gasteiger partial charge is 0.234 e. The predicted molar refractivity (Wildman–Crippen MR) is 127 cm³/mol. The van der Waals surface area contributed by atoms with Crippen molar-refractivity contribution in [1.82, 2.24) is 20.1 Å². The molecule has 0 aliphatic heterocycles. The number of nitrogens with one attached hydrogen (secondary N) is 2. The average Bonchev–Trinajstić information content (AvgIpc) is 3.16. The molecule has 0 saturated carbocycles. The highest BCUT2D eigenvalue weighted by molar-refractivity contribution is 7.99. The first-order valence-corrected chi connectivity index (χ1v) is 11.3. The fraction of sp³-hybridized carbons (Fsp3) is 0.273. The minimum Gasteiger partial charge on any atom is -0.497 e. The summed E-state index contributed by atoms with van der Waals surface area (Å²) in [5.41, 5.74) is 1.37. The summed E-state index contributed by atoms with van der Waals surface area (Å²) in [4.78, 5) is 24.6. The van der Waals surface area contributed by atoms with Crippen molar-refractivity contribution in [2.45, 2.75) is 18.1 Å². The van der Waals surface area contributed by atoms with Gasteiger partial charge in [0.15, 0.2) is 11.0 Å². The van der Waals surface area contributed by atoms with Crippen LogP contribution in [0.5, 0.6) is 11.5 Å². The Morgan fingerprint density at radius 2 is 1.82 bits per heavy atom. The molecule has 1 aromatic heterocycles. The second-order valence-corrected chi connectivity index (χ2v) is 8.32. The Balaban J connectivity index is 1.49. The van der Waals surface area contributed by atoms with Crippen LogP contribution in [0.3, 0.4) is 0 Å². The lowest BCUT2D eigenvalue weighted by Gasteiger charge is -2.10. The highest BCUT2D eigenvalue weighted by atomic mass is 35.5. The molecule has 2 aromatic carbocycles. The first-order chi connectivity index (χ1) is 15.9. The standard InChI is InChI=1S/C22H24ClN5O4S/c1-28-19(12-24-20(29)10-14-4-7-16(31-2)8-5-14)26-27-22(28)33-13-21(30)25-17-11-15(23)6-9-18(17)32-3/h4-9,11H,10,12-13H2,1-3H3,(H,24,29)(H,25,30). The molecule has 0 aliphatic carbocycles. The van der Waals surface area contributed by atoms with Crippen LogP contribution >= 0.6 is 23.4 Å². The highest BCUT2D eigenvalue weighted by Crippen LogP contribution is 2.28. The van der Waals surface area contributed by atoms with Gasteiger partial charge < -0.3 is 24.7 Å². The number of anilines is 1. The van der Waals surface area contributed by atoms with Crippen molar-refractivity contribution >= 4 is 40.9 Å². The number of thioether (sulfide) groups is 1. The maximum atomic E-state index is 12.4. The lowest BCUT2D eigenvalue weighted by atomic mass is 10.1. The van der Waals surface area contributed by atoms with Gasteiger partial charge >= 0.3 is 0 Å². The molecule has 3 rings (SSSR count). The van der Waals surface area contributed by atoms with Crippen LogP contribution in [0.4, 0.5) is 5.69 Å².